The van der Waals surface area contributed by atoms with E-state index in [9.17, 15) is 9.90 Å². The number of nitrogens with zero attached hydrogens (tertiary/aromatic N) is 2. The van der Waals surface area contributed by atoms with E-state index in [4.69, 9.17) is 4.74 Å². The van der Waals surface area contributed by atoms with Gasteiger partial charge in [0.15, 0.2) is 0 Å². The van der Waals surface area contributed by atoms with Gasteiger partial charge in [-0.3, -0.25) is 0 Å². The molecular formula is C12H24N2O3. The molecule has 5 nitrogen and oxygen atoms in total. The second-order valence-electron chi connectivity index (χ2n) is 5.94. The number of β-amino-alcohol motifs (C(OH)–C–C–N with tert-alkyl or cyclic N) is 1. The Kier molecular flexibility index (Phi) is 4.38. The third kappa shape index (κ3) is 4.52. The van der Waals surface area contributed by atoms with E-state index >= 15 is 0 Å². The van der Waals surface area contributed by atoms with Crippen LogP contribution in [0.3, 0.4) is 0 Å². The van der Waals surface area contributed by atoms with Crippen LogP contribution in [0, 0.1) is 0 Å². The van der Waals surface area contributed by atoms with Crippen LogP contribution in [0.5, 0.6) is 0 Å². The van der Waals surface area contributed by atoms with E-state index in [1.165, 1.54) is 0 Å². The first-order valence-corrected chi connectivity index (χ1v) is 6.01. The van der Waals surface area contributed by atoms with Crippen molar-refractivity contribution in [1.29, 1.82) is 0 Å². The largest absolute Gasteiger partial charge is 0.444 e. The first-order chi connectivity index (χ1) is 7.69. The number of carbonyl (C=O) groups excluding carboxylic acids is 1. The minimum Gasteiger partial charge on any atom is -0.444 e. The molecule has 1 aliphatic rings. The highest BCUT2D eigenvalue weighted by Gasteiger charge is 2.36. The molecule has 1 fully saturated rings. The van der Waals surface area contributed by atoms with Crippen LogP contribution in [0.15, 0.2) is 0 Å². The maximum atomic E-state index is 12.0. The summed E-state index contributed by atoms with van der Waals surface area (Å²) in [4.78, 5) is 15.6. The first kappa shape index (κ1) is 14.3. The van der Waals surface area contributed by atoms with Crippen LogP contribution in [0.1, 0.15) is 27.2 Å². The fraction of sp³-hybridized carbons (Fsp3) is 0.917. The molecule has 0 aromatic heterocycles. The predicted octanol–water partition coefficient (Wildman–Crippen LogP) is 0.918. The van der Waals surface area contributed by atoms with E-state index in [0.29, 0.717) is 13.0 Å². The molecule has 1 amide bonds. The number of hydrogen-bond donors (Lipinski definition) is 1. The van der Waals surface area contributed by atoms with Crippen molar-refractivity contribution in [3.63, 3.8) is 0 Å². The molecule has 0 aromatic rings. The third-order valence-electron chi connectivity index (χ3n) is 2.60. The van der Waals surface area contributed by atoms with Crippen molar-refractivity contribution in [2.45, 2.75) is 44.9 Å². The maximum Gasteiger partial charge on any atom is 0.410 e. The molecule has 2 atom stereocenters. The van der Waals surface area contributed by atoms with Gasteiger partial charge in [0.1, 0.15) is 5.60 Å². The second-order valence-corrected chi connectivity index (χ2v) is 5.94. The molecule has 0 spiro atoms. The molecule has 1 aliphatic heterocycles. The number of amides is 1. The normalized spacial score (nSPS) is 25.5. The zero-order valence-electron chi connectivity index (χ0n) is 11.4. The lowest BCUT2D eigenvalue weighted by molar-refractivity contribution is 0.0192. The highest BCUT2D eigenvalue weighted by molar-refractivity contribution is 5.69. The average molecular weight is 244 g/mol. The molecule has 1 heterocycles. The Labute approximate surface area is 103 Å². The summed E-state index contributed by atoms with van der Waals surface area (Å²) in [6.07, 6.45) is -0.148. The van der Waals surface area contributed by atoms with Crippen molar-refractivity contribution in [3.05, 3.63) is 0 Å². The summed E-state index contributed by atoms with van der Waals surface area (Å²) in [5, 5.41) is 9.66. The molecule has 100 valence electrons. The Morgan fingerprint density at radius 1 is 1.47 bits per heavy atom. The van der Waals surface area contributed by atoms with Crippen LogP contribution in [-0.4, -0.2) is 65.9 Å². The summed E-state index contributed by atoms with van der Waals surface area (Å²) in [5.41, 5.74) is -0.493. The van der Waals surface area contributed by atoms with E-state index in [0.717, 1.165) is 6.54 Å². The summed E-state index contributed by atoms with van der Waals surface area (Å²) < 4.78 is 5.34. The molecule has 5 heteroatoms. The Morgan fingerprint density at radius 3 is 2.53 bits per heavy atom. The number of carbonyl (C=O) groups is 1. The van der Waals surface area contributed by atoms with Crippen molar-refractivity contribution >= 4 is 6.09 Å². The lowest BCUT2D eigenvalue weighted by atomic mass is 10.2. The van der Waals surface area contributed by atoms with Crippen LogP contribution in [-0.2, 0) is 4.74 Å². The Hall–Kier alpha value is -0.810. The minimum atomic E-state index is -0.493. The number of rotatable bonds is 2. The van der Waals surface area contributed by atoms with Crippen LogP contribution in [0.2, 0.25) is 0 Å². The van der Waals surface area contributed by atoms with Gasteiger partial charge in [-0.15, -0.1) is 0 Å². The first-order valence-electron chi connectivity index (χ1n) is 6.01. The van der Waals surface area contributed by atoms with E-state index in [2.05, 4.69) is 0 Å². The fourth-order valence-electron chi connectivity index (χ4n) is 2.03. The molecule has 0 bridgehead atoms. The molecule has 1 saturated heterocycles. The summed E-state index contributed by atoms with van der Waals surface area (Å²) in [6, 6.07) is 0.0369. The van der Waals surface area contributed by atoms with Gasteiger partial charge in [-0.1, -0.05) is 0 Å². The molecular weight excluding hydrogens is 220 g/mol. The Bertz CT molecular complexity index is 273. The molecule has 1 N–H and O–H groups in total. The van der Waals surface area contributed by atoms with Gasteiger partial charge in [-0.05, 0) is 41.3 Å². The lowest BCUT2D eigenvalue weighted by Crippen LogP contribution is -2.44. The van der Waals surface area contributed by atoms with Gasteiger partial charge >= 0.3 is 6.09 Å². The van der Waals surface area contributed by atoms with Gasteiger partial charge in [0, 0.05) is 6.54 Å². The smallest absolute Gasteiger partial charge is 0.410 e. The Morgan fingerprint density at radius 2 is 2.06 bits per heavy atom. The van der Waals surface area contributed by atoms with Crippen LogP contribution in [0.25, 0.3) is 0 Å². The zero-order chi connectivity index (χ0) is 13.2. The number of hydrogen-bond acceptors (Lipinski definition) is 4. The van der Waals surface area contributed by atoms with Gasteiger partial charge in [-0.2, -0.15) is 0 Å². The summed E-state index contributed by atoms with van der Waals surface area (Å²) in [6.45, 7) is 6.65. The summed E-state index contributed by atoms with van der Waals surface area (Å²) in [7, 11) is 3.91. The molecule has 0 radical (unpaired) electrons. The topological polar surface area (TPSA) is 53.0 Å². The summed E-state index contributed by atoms with van der Waals surface area (Å²) >= 11 is 0. The van der Waals surface area contributed by atoms with Crippen LogP contribution in [0.4, 0.5) is 4.79 Å². The SMILES string of the molecule is CN(C)C[C@H]1C[C@H](O)CN1C(=O)OC(C)(C)C. The number of likely N-dealkylation sites (N-methyl/N-ethyl adjacent to an activating group) is 1. The van der Waals surface area contributed by atoms with E-state index in [1.807, 2.05) is 39.8 Å². The number of ether oxygens (including phenoxy) is 1. The van der Waals surface area contributed by atoms with Gasteiger partial charge < -0.3 is 19.6 Å². The van der Waals surface area contributed by atoms with Crippen molar-refractivity contribution in [2.75, 3.05) is 27.2 Å². The Balaban J connectivity index is 2.63. The van der Waals surface area contributed by atoms with Crippen LogP contribution < -0.4 is 0 Å². The highest BCUT2D eigenvalue weighted by atomic mass is 16.6. The lowest BCUT2D eigenvalue weighted by Gasteiger charge is -2.29. The molecule has 0 aliphatic carbocycles. The molecule has 17 heavy (non-hydrogen) atoms. The van der Waals surface area contributed by atoms with Crippen molar-refractivity contribution in [2.24, 2.45) is 0 Å². The van der Waals surface area contributed by atoms with E-state index < -0.39 is 11.7 Å². The summed E-state index contributed by atoms with van der Waals surface area (Å²) in [5.74, 6) is 0. The van der Waals surface area contributed by atoms with E-state index in [1.54, 1.807) is 4.90 Å². The van der Waals surface area contributed by atoms with E-state index in [-0.39, 0.29) is 12.1 Å². The minimum absolute atomic E-state index is 0.0369. The molecule has 0 saturated carbocycles. The van der Waals surface area contributed by atoms with Gasteiger partial charge in [0.25, 0.3) is 0 Å². The molecule has 0 unspecified atom stereocenters. The highest BCUT2D eigenvalue weighted by Crippen LogP contribution is 2.21. The van der Waals surface area contributed by atoms with Gasteiger partial charge in [0.05, 0.1) is 18.7 Å². The second kappa shape index (κ2) is 5.23. The maximum absolute atomic E-state index is 12.0. The predicted molar refractivity (Wildman–Crippen MR) is 65.9 cm³/mol. The quantitative estimate of drug-likeness (QED) is 0.785. The monoisotopic (exact) mass is 244 g/mol. The van der Waals surface area contributed by atoms with Crippen LogP contribution >= 0.6 is 0 Å². The zero-order valence-corrected chi connectivity index (χ0v) is 11.4. The number of aliphatic hydroxyl groups is 1. The average Bonchev–Trinajstić information content (AvgIpc) is 2.42. The fourth-order valence-corrected chi connectivity index (χ4v) is 2.03. The van der Waals surface area contributed by atoms with Crippen molar-refractivity contribution in [3.8, 4) is 0 Å². The standard InChI is InChI=1S/C12H24N2O3/c1-12(2,3)17-11(16)14-8-10(15)6-9(14)7-13(4)5/h9-10,15H,6-8H2,1-5H3/t9-,10+/m1/s1. The third-order valence-corrected chi connectivity index (χ3v) is 2.60. The number of likely N-dealkylation sites (tertiary alicyclic amines) is 1. The molecule has 1 rings (SSSR count). The number of aliphatic hydroxyl groups excluding tert-OH is 1. The van der Waals surface area contributed by atoms with Gasteiger partial charge in [-0.25, -0.2) is 4.79 Å². The van der Waals surface area contributed by atoms with Gasteiger partial charge in [0.2, 0.25) is 0 Å². The van der Waals surface area contributed by atoms with Crippen molar-refractivity contribution in [1.82, 2.24) is 9.80 Å². The molecule has 0 aromatic carbocycles. The van der Waals surface area contributed by atoms with Crippen molar-refractivity contribution < 1.29 is 14.6 Å².